The maximum Gasteiger partial charge on any atom is 0.163 e. The SMILES string of the molecule is COc1c(Cl)cc(Cl)cc1C(C)=O. The Morgan fingerprint density at radius 1 is 1.38 bits per heavy atom. The molecule has 0 heterocycles. The zero-order valence-electron chi connectivity index (χ0n) is 7.23. The van der Waals surface area contributed by atoms with Crippen LogP contribution in [-0.4, -0.2) is 12.9 Å². The molecule has 0 fully saturated rings. The van der Waals surface area contributed by atoms with E-state index >= 15 is 0 Å². The zero-order valence-corrected chi connectivity index (χ0v) is 8.74. The van der Waals surface area contributed by atoms with Crippen LogP contribution in [0.4, 0.5) is 0 Å². The molecule has 0 spiro atoms. The van der Waals surface area contributed by atoms with Crippen molar-refractivity contribution in [2.45, 2.75) is 6.92 Å². The van der Waals surface area contributed by atoms with E-state index in [0.29, 0.717) is 21.4 Å². The van der Waals surface area contributed by atoms with Crippen molar-refractivity contribution < 1.29 is 9.53 Å². The average Bonchev–Trinajstić information content (AvgIpc) is 2.02. The lowest BCUT2D eigenvalue weighted by atomic mass is 10.1. The van der Waals surface area contributed by atoms with Gasteiger partial charge in [0.05, 0.1) is 17.7 Å². The topological polar surface area (TPSA) is 26.3 Å². The van der Waals surface area contributed by atoms with E-state index in [-0.39, 0.29) is 5.78 Å². The van der Waals surface area contributed by atoms with E-state index in [1.54, 1.807) is 0 Å². The van der Waals surface area contributed by atoms with Crippen molar-refractivity contribution in [3.63, 3.8) is 0 Å². The molecule has 0 saturated carbocycles. The molecule has 4 heteroatoms. The molecule has 0 aliphatic rings. The molecule has 0 N–H and O–H groups in total. The second kappa shape index (κ2) is 3.99. The normalized spacial score (nSPS) is 9.85. The van der Waals surface area contributed by atoms with Gasteiger partial charge in [0.2, 0.25) is 0 Å². The van der Waals surface area contributed by atoms with Gasteiger partial charge in [0.1, 0.15) is 5.75 Å². The maximum absolute atomic E-state index is 11.1. The molecule has 0 aliphatic heterocycles. The Kier molecular flexibility index (Phi) is 3.17. The first-order valence-electron chi connectivity index (χ1n) is 3.60. The molecule has 1 rings (SSSR count). The van der Waals surface area contributed by atoms with Gasteiger partial charge in [0, 0.05) is 5.02 Å². The number of halogens is 2. The predicted octanol–water partition coefficient (Wildman–Crippen LogP) is 3.20. The number of hydrogen-bond donors (Lipinski definition) is 0. The Hall–Kier alpha value is -0.730. The molecule has 0 amide bonds. The van der Waals surface area contributed by atoms with Crippen molar-refractivity contribution in [3.8, 4) is 5.75 Å². The van der Waals surface area contributed by atoms with Crippen LogP contribution in [-0.2, 0) is 0 Å². The van der Waals surface area contributed by atoms with E-state index in [4.69, 9.17) is 27.9 Å². The van der Waals surface area contributed by atoms with E-state index in [9.17, 15) is 4.79 Å². The lowest BCUT2D eigenvalue weighted by Crippen LogP contribution is -1.98. The van der Waals surface area contributed by atoms with Gasteiger partial charge >= 0.3 is 0 Å². The second-order valence-electron chi connectivity index (χ2n) is 2.52. The minimum Gasteiger partial charge on any atom is -0.494 e. The fourth-order valence-corrected chi connectivity index (χ4v) is 1.60. The van der Waals surface area contributed by atoms with Gasteiger partial charge in [-0.25, -0.2) is 0 Å². The highest BCUT2D eigenvalue weighted by Gasteiger charge is 2.12. The second-order valence-corrected chi connectivity index (χ2v) is 3.37. The van der Waals surface area contributed by atoms with Crippen LogP contribution < -0.4 is 4.74 Å². The van der Waals surface area contributed by atoms with Gasteiger partial charge in [0.15, 0.2) is 5.78 Å². The van der Waals surface area contributed by atoms with Gasteiger partial charge in [-0.3, -0.25) is 4.79 Å². The predicted molar refractivity (Wildman–Crippen MR) is 53.0 cm³/mol. The summed E-state index contributed by atoms with van der Waals surface area (Å²) in [6.45, 7) is 1.44. The highest BCUT2D eigenvalue weighted by Crippen LogP contribution is 2.32. The molecule has 0 saturated heterocycles. The number of benzene rings is 1. The number of carbonyl (C=O) groups excluding carboxylic acids is 1. The van der Waals surface area contributed by atoms with E-state index in [1.165, 1.54) is 26.2 Å². The van der Waals surface area contributed by atoms with E-state index in [2.05, 4.69) is 0 Å². The Balaban J connectivity index is 3.38. The largest absolute Gasteiger partial charge is 0.494 e. The summed E-state index contributed by atoms with van der Waals surface area (Å²) >= 11 is 11.5. The lowest BCUT2D eigenvalue weighted by molar-refractivity contribution is 0.101. The Bertz CT molecular complexity index is 348. The third-order valence-corrected chi connectivity index (χ3v) is 2.09. The molecular formula is C9H8Cl2O2. The van der Waals surface area contributed by atoms with Crippen molar-refractivity contribution in [1.82, 2.24) is 0 Å². The minimum absolute atomic E-state index is 0.124. The monoisotopic (exact) mass is 218 g/mol. The van der Waals surface area contributed by atoms with Crippen LogP contribution in [0.2, 0.25) is 10.0 Å². The van der Waals surface area contributed by atoms with Gasteiger partial charge < -0.3 is 4.74 Å². The van der Waals surface area contributed by atoms with Gasteiger partial charge in [-0.2, -0.15) is 0 Å². The summed E-state index contributed by atoms with van der Waals surface area (Å²) in [6, 6.07) is 3.07. The van der Waals surface area contributed by atoms with Crippen molar-refractivity contribution in [3.05, 3.63) is 27.7 Å². The van der Waals surface area contributed by atoms with Crippen LogP contribution in [0.1, 0.15) is 17.3 Å². The van der Waals surface area contributed by atoms with Crippen LogP contribution in [0.5, 0.6) is 5.75 Å². The van der Waals surface area contributed by atoms with Gasteiger partial charge in [-0.05, 0) is 19.1 Å². The molecule has 0 aromatic heterocycles. The number of ether oxygens (including phenoxy) is 1. The summed E-state index contributed by atoms with van der Waals surface area (Å²) in [4.78, 5) is 11.1. The molecule has 70 valence electrons. The van der Waals surface area contributed by atoms with Gasteiger partial charge in [-0.1, -0.05) is 23.2 Å². The Morgan fingerprint density at radius 3 is 2.46 bits per heavy atom. The highest BCUT2D eigenvalue weighted by atomic mass is 35.5. The molecule has 0 unspecified atom stereocenters. The van der Waals surface area contributed by atoms with Crippen LogP contribution in [0.3, 0.4) is 0 Å². The molecule has 1 aromatic rings. The number of methoxy groups -OCH3 is 1. The molecule has 1 aromatic carbocycles. The summed E-state index contributed by atoms with van der Waals surface area (Å²) in [5, 5.41) is 0.774. The number of ketones is 1. The average molecular weight is 219 g/mol. The summed E-state index contributed by atoms with van der Waals surface area (Å²) in [6.07, 6.45) is 0. The quantitative estimate of drug-likeness (QED) is 0.714. The van der Waals surface area contributed by atoms with Crippen LogP contribution >= 0.6 is 23.2 Å². The van der Waals surface area contributed by atoms with Crippen molar-refractivity contribution in [2.75, 3.05) is 7.11 Å². The standard InChI is InChI=1S/C9H8Cl2O2/c1-5(12)7-3-6(10)4-8(11)9(7)13-2/h3-4H,1-2H3. The maximum atomic E-state index is 11.1. The lowest BCUT2D eigenvalue weighted by Gasteiger charge is -2.07. The van der Waals surface area contributed by atoms with Crippen molar-refractivity contribution in [2.24, 2.45) is 0 Å². The third kappa shape index (κ3) is 2.14. The first-order valence-corrected chi connectivity index (χ1v) is 4.36. The van der Waals surface area contributed by atoms with Crippen LogP contribution in [0.15, 0.2) is 12.1 Å². The smallest absolute Gasteiger partial charge is 0.163 e. The zero-order chi connectivity index (χ0) is 10.0. The molecule has 0 radical (unpaired) electrons. The van der Waals surface area contributed by atoms with Crippen LogP contribution in [0.25, 0.3) is 0 Å². The fourth-order valence-electron chi connectivity index (χ4n) is 1.03. The van der Waals surface area contributed by atoms with E-state index in [1.807, 2.05) is 0 Å². The molecule has 13 heavy (non-hydrogen) atoms. The first kappa shape index (κ1) is 10.4. The summed E-state index contributed by atoms with van der Waals surface area (Å²) < 4.78 is 4.98. The molecule has 0 bridgehead atoms. The molecule has 0 aliphatic carbocycles. The molecular weight excluding hydrogens is 211 g/mol. The Morgan fingerprint density at radius 2 is 2.00 bits per heavy atom. The third-order valence-electron chi connectivity index (χ3n) is 1.59. The number of hydrogen-bond acceptors (Lipinski definition) is 2. The summed E-state index contributed by atoms with van der Waals surface area (Å²) in [7, 11) is 1.46. The summed E-state index contributed by atoms with van der Waals surface area (Å²) in [5.74, 6) is 0.250. The minimum atomic E-state index is -0.124. The first-order chi connectivity index (χ1) is 6.06. The Labute approximate surface area is 86.4 Å². The van der Waals surface area contributed by atoms with E-state index < -0.39 is 0 Å². The van der Waals surface area contributed by atoms with Gasteiger partial charge in [-0.15, -0.1) is 0 Å². The molecule has 2 nitrogen and oxygen atoms in total. The summed E-state index contributed by atoms with van der Waals surface area (Å²) in [5.41, 5.74) is 0.403. The number of Topliss-reactive ketones (excluding diaryl/α,β-unsaturated/α-hetero) is 1. The van der Waals surface area contributed by atoms with Crippen molar-refractivity contribution >= 4 is 29.0 Å². The number of rotatable bonds is 2. The number of carbonyl (C=O) groups is 1. The van der Waals surface area contributed by atoms with Crippen LogP contribution in [0, 0.1) is 0 Å². The fraction of sp³-hybridized carbons (Fsp3) is 0.222. The van der Waals surface area contributed by atoms with E-state index in [0.717, 1.165) is 0 Å². The highest BCUT2D eigenvalue weighted by molar-refractivity contribution is 6.36. The van der Waals surface area contributed by atoms with Gasteiger partial charge in [0.25, 0.3) is 0 Å². The van der Waals surface area contributed by atoms with Crippen molar-refractivity contribution in [1.29, 1.82) is 0 Å². The molecule has 0 atom stereocenters.